The van der Waals surface area contributed by atoms with Crippen molar-refractivity contribution < 1.29 is 14.8 Å². The van der Waals surface area contributed by atoms with Crippen LogP contribution in [0.2, 0.25) is 5.02 Å². The third-order valence-electron chi connectivity index (χ3n) is 4.33. The second kappa shape index (κ2) is 5.27. The summed E-state index contributed by atoms with van der Waals surface area (Å²) in [5, 5.41) is 21.1. The van der Waals surface area contributed by atoms with Crippen LogP contribution in [0.4, 0.5) is 5.69 Å². The lowest BCUT2D eigenvalue weighted by Gasteiger charge is -2.37. The summed E-state index contributed by atoms with van der Waals surface area (Å²) in [4.78, 5) is 25.0. The van der Waals surface area contributed by atoms with Crippen LogP contribution in [0.3, 0.4) is 0 Å². The monoisotopic (exact) mass is 310 g/mol. The summed E-state index contributed by atoms with van der Waals surface area (Å²) in [5.74, 6) is -0.335. The molecule has 6 nitrogen and oxygen atoms in total. The summed E-state index contributed by atoms with van der Waals surface area (Å²) in [7, 11) is 0. The van der Waals surface area contributed by atoms with E-state index in [-0.39, 0.29) is 40.4 Å². The first-order chi connectivity index (χ1) is 9.97. The van der Waals surface area contributed by atoms with Gasteiger partial charge in [-0.25, -0.2) is 0 Å². The van der Waals surface area contributed by atoms with Gasteiger partial charge >= 0.3 is 0 Å². The third kappa shape index (κ3) is 2.49. The molecule has 2 saturated heterocycles. The molecule has 7 heteroatoms. The highest BCUT2D eigenvalue weighted by molar-refractivity contribution is 6.31. The second-order valence-electron chi connectivity index (χ2n) is 5.64. The van der Waals surface area contributed by atoms with Crippen LogP contribution in [-0.4, -0.2) is 39.0 Å². The number of nitrogens with zero attached hydrogens (tertiary/aromatic N) is 2. The Balaban J connectivity index is 1.95. The van der Waals surface area contributed by atoms with E-state index in [0.717, 1.165) is 12.8 Å². The van der Waals surface area contributed by atoms with E-state index in [1.807, 2.05) is 0 Å². The fourth-order valence-electron chi connectivity index (χ4n) is 3.46. The molecule has 21 heavy (non-hydrogen) atoms. The van der Waals surface area contributed by atoms with Crippen molar-refractivity contribution in [3.05, 3.63) is 38.9 Å². The maximum Gasteiger partial charge on any atom is 0.283 e. The molecule has 1 amide bonds. The molecule has 2 atom stereocenters. The highest BCUT2D eigenvalue weighted by atomic mass is 35.5. The average molecular weight is 311 g/mol. The van der Waals surface area contributed by atoms with Crippen molar-refractivity contribution in [3.63, 3.8) is 0 Å². The number of carbonyl (C=O) groups excluding carboxylic acids is 1. The Bertz CT molecular complexity index is 593. The number of rotatable bonds is 2. The van der Waals surface area contributed by atoms with E-state index in [0.29, 0.717) is 12.8 Å². The Kier molecular flexibility index (Phi) is 3.59. The van der Waals surface area contributed by atoms with E-state index < -0.39 is 4.92 Å². The molecule has 0 aromatic heterocycles. The first kappa shape index (κ1) is 14.3. The van der Waals surface area contributed by atoms with Crippen molar-refractivity contribution in [2.75, 3.05) is 0 Å². The van der Waals surface area contributed by atoms with Crippen LogP contribution in [0, 0.1) is 10.1 Å². The third-order valence-corrected chi connectivity index (χ3v) is 4.56. The fraction of sp³-hybridized carbons (Fsp3) is 0.500. The number of aliphatic hydroxyl groups is 1. The van der Waals surface area contributed by atoms with Gasteiger partial charge in [0, 0.05) is 23.2 Å². The molecule has 1 aromatic carbocycles. The van der Waals surface area contributed by atoms with Gasteiger partial charge in [-0.1, -0.05) is 11.6 Å². The number of amides is 1. The van der Waals surface area contributed by atoms with Gasteiger partial charge < -0.3 is 10.0 Å². The molecule has 0 aliphatic carbocycles. The van der Waals surface area contributed by atoms with E-state index in [4.69, 9.17) is 11.6 Å². The maximum atomic E-state index is 12.7. The molecule has 1 N–H and O–H groups in total. The predicted molar refractivity (Wildman–Crippen MR) is 76.3 cm³/mol. The van der Waals surface area contributed by atoms with E-state index in [1.54, 1.807) is 4.90 Å². The summed E-state index contributed by atoms with van der Waals surface area (Å²) in [6, 6.07) is 4.05. The van der Waals surface area contributed by atoms with Gasteiger partial charge in [0.2, 0.25) is 0 Å². The van der Waals surface area contributed by atoms with Crippen molar-refractivity contribution in [2.24, 2.45) is 0 Å². The lowest BCUT2D eigenvalue weighted by atomic mass is 9.98. The average Bonchev–Trinajstić information content (AvgIpc) is 2.70. The minimum absolute atomic E-state index is 0.0264. The Morgan fingerprint density at radius 3 is 2.52 bits per heavy atom. The zero-order chi connectivity index (χ0) is 15.1. The van der Waals surface area contributed by atoms with Crippen LogP contribution in [-0.2, 0) is 0 Å². The number of fused-ring (bicyclic) bond motifs is 2. The van der Waals surface area contributed by atoms with Crippen molar-refractivity contribution in [1.29, 1.82) is 0 Å². The van der Waals surface area contributed by atoms with Gasteiger partial charge in [0.15, 0.2) is 0 Å². The first-order valence-corrected chi connectivity index (χ1v) is 7.30. The van der Waals surface area contributed by atoms with Gasteiger partial charge in [0.25, 0.3) is 11.6 Å². The van der Waals surface area contributed by atoms with E-state index in [2.05, 4.69) is 0 Å². The second-order valence-corrected chi connectivity index (χ2v) is 6.08. The van der Waals surface area contributed by atoms with Gasteiger partial charge in [-0.05, 0) is 37.8 Å². The lowest BCUT2D eigenvalue weighted by Crippen LogP contribution is -2.48. The molecule has 2 bridgehead atoms. The lowest BCUT2D eigenvalue weighted by molar-refractivity contribution is -0.385. The van der Waals surface area contributed by atoms with Crippen LogP contribution >= 0.6 is 11.6 Å². The number of halogens is 1. The minimum atomic E-state index is -0.584. The number of nitro groups is 1. The number of aliphatic hydroxyl groups excluding tert-OH is 1. The highest BCUT2D eigenvalue weighted by Gasteiger charge is 2.44. The number of nitro benzene ring substituents is 1. The molecular weight excluding hydrogens is 296 g/mol. The van der Waals surface area contributed by atoms with Crippen molar-refractivity contribution in [1.82, 2.24) is 4.90 Å². The molecule has 0 spiro atoms. The number of carbonyl (C=O) groups is 1. The Morgan fingerprint density at radius 2 is 1.95 bits per heavy atom. The molecule has 112 valence electrons. The number of piperidine rings is 1. The van der Waals surface area contributed by atoms with E-state index in [9.17, 15) is 20.0 Å². The van der Waals surface area contributed by atoms with Gasteiger partial charge in [-0.3, -0.25) is 14.9 Å². The molecule has 1 aromatic rings. The quantitative estimate of drug-likeness (QED) is 0.671. The smallest absolute Gasteiger partial charge is 0.283 e. The topological polar surface area (TPSA) is 83.7 Å². The maximum absolute atomic E-state index is 12.7. The summed E-state index contributed by atoms with van der Waals surface area (Å²) >= 11 is 5.78. The molecule has 3 rings (SSSR count). The number of hydrogen-bond acceptors (Lipinski definition) is 4. The number of benzene rings is 1. The summed E-state index contributed by atoms with van der Waals surface area (Å²) in [6.07, 6.45) is 2.39. The van der Waals surface area contributed by atoms with Gasteiger partial charge in [0.1, 0.15) is 5.56 Å². The van der Waals surface area contributed by atoms with Crippen LogP contribution < -0.4 is 0 Å². The van der Waals surface area contributed by atoms with Crippen LogP contribution in [0.5, 0.6) is 0 Å². The number of hydrogen-bond donors (Lipinski definition) is 1. The van der Waals surface area contributed by atoms with Crippen LogP contribution in [0.25, 0.3) is 0 Å². The predicted octanol–water partition coefficient (Wildman–Crippen LogP) is 2.38. The minimum Gasteiger partial charge on any atom is -0.393 e. The Morgan fingerprint density at radius 1 is 1.33 bits per heavy atom. The molecule has 2 aliphatic heterocycles. The summed E-state index contributed by atoms with van der Waals surface area (Å²) in [5.41, 5.74) is -0.198. The van der Waals surface area contributed by atoms with Gasteiger partial charge in [-0.15, -0.1) is 0 Å². The largest absolute Gasteiger partial charge is 0.393 e. The summed E-state index contributed by atoms with van der Waals surface area (Å²) in [6.45, 7) is 0. The standard InChI is InChI=1S/C14H15ClN2O4/c15-8-1-4-12(13(5-8)17(20)21)14(19)16-9-2-3-10(16)7-11(18)6-9/h1,4-5,9-11,18H,2-3,6-7H2. The zero-order valence-corrected chi connectivity index (χ0v) is 12.0. The van der Waals surface area contributed by atoms with Crippen molar-refractivity contribution >= 4 is 23.2 Å². The zero-order valence-electron chi connectivity index (χ0n) is 11.2. The fourth-order valence-corrected chi connectivity index (χ4v) is 3.62. The molecular formula is C14H15ClN2O4. The van der Waals surface area contributed by atoms with Gasteiger partial charge in [-0.2, -0.15) is 0 Å². The molecule has 2 unspecified atom stereocenters. The Hall–Kier alpha value is -1.66. The summed E-state index contributed by atoms with van der Waals surface area (Å²) < 4.78 is 0. The van der Waals surface area contributed by atoms with E-state index >= 15 is 0 Å². The normalized spacial score (nSPS) is 27.7. The molecule has 2 aliphatic rings. The first-order valence-electron chi connectivity index (χ1n) is 6.92. The highest BCUT2D eigenvalue weighted by Crippen LogP contribution is 2.38. The van der Waals surface area contributed by atoms with Gasteiger partial charge in [0.05, 0.1) is 11.0 Å². The van der Waals surface area contributed by atoms with Crippen molar-refractivity contribution in [3.8, 4) is 0 Å². The van der Waals surface area contributed by atoms with Crippen LogP contribution in [0.15, 0.2) is 18.2 Å². The molecule has 0 radical (unpaired) electrons. The molecule has 2 fully saturated rings. The van der Waals surface area contributed by atoms with Crippen molar-refractivity contribution in [2.45, 2.75) is 43.9 Å². The SMILES string of the molecule is O=C(c1ccc(Cl)cc1[N+](=O)[O-])N1C2CCC1CC(O)C2. The molecule has 0 saturated carbocycles. The molecule has 2 heterocycles. The van der Waals surface area contributed by atoms with E-state index in [1.165, 1.54) is 18.2 Å². The van der Waals surface area contributed by atoms with Crippen LogP contribution in [0.1, 0.15) is 36.0 Å². The Labute approximate surface area is 126 Å².